The van der Waals surface area contributed by atoms with Crippen molar-refractivity contribution in [3.05, 3.63) is 71.8 Å². The normalized spacial score (nSPS) is 16.3. The lowest BCUT2D eigenvalue weighted by Crippen LogP contribution is -2.29. The quantitative estimate of drug-likeness (QED) is 0.692. The van der Waals surface area contributed by atoms with E-state index in [2.05, 4.69) is 66.0 Å². The van der Waals surface area contributed by atoms with Gasteiger partial charge in [0.25, 0.3) is 0 Å². The molecule has 24 heavy (non-hydrogen) atoms. The minimum Gasteiger partial charge on any atom is -0.316 e. The van der Waals surface area contributed by atoms with Crippen LogP contribution in [-0.4, -0.2) is 13.1 Å². The van der Waals surface area contributed by atoms with Crippen LogP contribution in [0.4, 0.5) is 0 Å². The second kappa shape index (κ2) is 8.13. The zero-order valence-corrected chi connectivity index (χ0v) is 14.2. The first-order valence-corrected chi connectivity index (χ1v) is 9.06. The summed E-state index contributed by atoms with van der Waals surface area (Å²) in [5.74, 6) is 0.550. The van der Waals surface area contributed by atoms with Gasteiger partial charge in [-0.15, -0.1) is 0 Å². The van der Waals surface area contributed by atoms with Crippen LogP contribution in [0.1, 0.15) is 36.8 Å². The Kier molecular flexibility index (Phi) is 5.67. The molecule has 1 aliphatic carbocycles. The Balaban J connectivity index is 1.48. The molecule has 1 aliphatic rings. The fourth-order valence-electron chi connectivity index (χ4n) is 3.60. The lowest BCUT2D eigenvalue weighted by Gasteiger charge is -2.27. The summed E-state index contributed by atoms with van der Waals surface area (Å²) in [6, 6.07) is 23.7. The van der Waals surface area contributed by atoms with E-state index >= 15 is 0 Å². The van der Waals surface area contributed by atoms with Gasteiger partial charge >= 0.3 is 0 Å². The Morgan fingerprint density at radius 1 is 0.958 bits per heavy atom. The van der Waals surface area contributed by atoms with Crippen molar-refractivity contribution in [3.63, 3.8) is 0 Å². The van der Waals surface area contributed by atoms with Crippen molar-refractivity contribution < 1.29 is 0 Å². The van der Waals surface area contributed by atoms with E-state index in [4.69, 9.17) is 0 Å². The van der Waals surface area contributed by atoms with Crippen molar-refractivity contribution in [2.45, 2.75) is 37.5 Å². The van der Waals surface area contributed by atoms with Crippen molar-refractivity contribution in [2.24, 2.45) is 5.92 Å². The minimum absolute atomic E-state index is 0.275. The molecule has 0 radical (unpaired) electrons. The number of benzene rings is 2. The van der Waals surface area contributed by atoms with E-state index in [1.807, 2.05) is 6.07 Å². The van der Waals surface area contributed by atoms with Gasteiger partial charge in [0.05, 0.1) is 11.5 Å². The number of nitriles is 1. The van der Waals surface area contributed by atoms with Gasteiger partial charge in [0.2, 0.25) is 0 Å². The number of rotatable bonds is 9. The van der Waals surface area contributed by atoms with Gasteiger partial charge in [-0.05, 0) is 62.2 Å². The van der Waals surface area contributed by atoms with E-state index in [0.717, 1.165) is 32.4 Å². The maximum atomic E-state index is 9.92. The summed E-state index contributed by atoms with van der Waals surface area (Å²) in [4.78, 5) is 0. The molecule has 1 unspecified atom stereocenters. The first kappa shape index (κ1) is 16.7. The molecule has 1 atom stereocenters. The summed E-state index contributed by atoms with van der Waals surface area (Å²) in [7, 11) is 0. The zero-order valence-electron chi connectivity index (χ0n) is 14.2. The predicted molar refractivity (Wildman–Crippen MR) is 98.7 cm³/mol. The Labute approximate surface area is 145 Å². The van der Waals surface area contributed by atoms with Gasteiger partial charge in [-0.3, -0.25) is 0 Å². The molecule has 2 nitrogen and oxygen atoms in total. The highest BCUT2D eigenvalue weighted by Gasteiger charge is 2.46. The predicted octanol–water partition coefficient (Wildman–Crippen LogP) is 4.47. The molecule has 0 saturated heterocycles. The van der Waals surface area contributed by atoms with E-state index in [1.165, 1.54) is 24.0 Å². The van der Waals surface area contributed by atoms with Gasteiger partial charge in [0.1, 0.15) is 0 Å². The molecule has 1 fully saturated rings. The molecule has 2 aromatic carbocycles. The largest absolute Gasteiger partial charge is 0.316 e. The Bertz CT molecular complexity index is 655. The molecule has 3 rings (SSSR count). The molecule has 2 heteroatoms. The van der Waals surface area contributed by atoms with Crippen LogP contribution in [0.2, 0.25) is 0 Å². The van der Waals surface area contributed by atoms with Gasteiger partial charge in [-0.1, -0.05) is 60.7 Å². The lowest BCUT2D eigenvalue weighted by atomic mass is 9.74. The van der Waals surface area contributed by atoms with Crippen LogP contribution in [0.5, 0.6) is 0 Å². The molecule has 0 heterocycles. The summed E-state index contributed by atoms with van der Waals surface area (Å²) >= 11 is 0. The van der Waals surface area contributed by atoms with Gasteiger partial charge in [-0.25, -0.2) is 0 Å². The van der Waals surface area contributed by atoms with Crippen molar-refractivity contribution in [1.82, 2.24) is 5.32 Å². The third-order valence-corrected chi connectivity index (χ3v) is 5.12. The van der Waals surface area contributed by atoms with Crippen LogP contribution in [0.25, 0.3) is 0 Å². The average molecular weight is 318 g/mol. The highest BCUT2D eigenvalue weighted by molar-refractivity contribution is 5.35. The Morgan fingerprint density at radius 3 is 2.25 bits per heavy atom. The van der Waals surface area contributed by atoms with Crippen LogP contribution in [0.3, 0.4) is 0 Å². The minimum atomic E-state index is -0.275. The molecule has 1 N–H and O–H groups in total. The van der Waals surface area contributed by atoms with Crippen LogP contribution in [-0.2, 0) is 11.8 Å². The fraction of sp³-hybridized carbons (Fsp3) is 0.409. The van der Waals surface area contributed by atoms with Crippen molar-refractivity contribution in [1.29, 1.82) is 5.26 Å². The van der Waals surface area contributed by atoms with Crippen molar-refractivity contribution in [3.8, 4) is 6.07 Å². The summed E-state index contributed by atoms with van der Waals surface area (Å²) < 4.78 is 0. The van der Waals surface area contributed by atoms with Gasteiger partial charge in [0, 0.05) is 0 Å². The van der Waals surface area contributed by atoms with Gasteiger partial charge < -0.3 is 5.32 Å². The van der Waals surface area contributed by atoms with E-state index in [-0.39, 0.29) is 5.41 Å². The molecule has 0 spiro atoms. The monoisotopic (exact) mass is 318 g/mol. The summed E-state index contributed by atoms with van der Waals surface area (Å²) in [5.41, 5.74) is 2.31. The van der Waals surface area contributed by atoms with E-state index in [0.29, 0.717) is 5.92 Å². The third kappa shape index (κ3) is 4.04. The van der Waals surface area contributed by atoms with Gasteiger partial charge in [-0.2, -0.15) is 5.26 Å². The highest BCUT2D eigenvalue weighted by atomic mass is 14.8. The molecule has 0 bridgehead atoms. The van der Waals surface area contributed by atoms with Gasteiger partial charge in [0.15, 0.2) is 0 Å². The maximum Gasteiger partial charge on any atom is 0.0850 e. The van der Waals surface area contributed by atoms with E-state index < -0.39 is 0 Å². The first-order chi connectivity index (χ1) is 11.8. The molecule has 2 aromatic rings. The summed E-state index contributed by atoms with van der Waals surface area (Å²) in [6.07, 6.45) is 5.46. The second-order valence-corrected chi connectivity index (χ2v) is 6.81. The van der Waals surface area contributed by atoms with E-state index in [1.54, 1.807) is 0 Å². The summed E-state index contributed by atoms with van der Waals surface area (Å²) in [6.45, 7) is 1.98. The first-order valence-electron chi connectivity index (χ1n) is 9.06. The molecule has 1 saturated carbocycles. The highest BCUT2D eigenvalue weighted by Crippen LogP contribution is 2.49. The van der Waals surface area contributed by atoms with Crippen LogP contribution in [0, 0.1) is 17.2 Å². The fourth-order valence-corrected chi connectivity index (χ4v) is 3.60. The standard InChI is InChI=1S/C22H26N2/c23-18-22(21-12-13-21,20-10-5-2-6-11-20)15-7-16-24-17-14-19-8-3-1-4-9-19/h1-6,8-11,21,24H,7,12-17H2. The van der Waals surface area contributed by atoms with E-state index in [9.17, 15) is 5.26 Å². The smallest absolute Gasteiger partial charge is 0.0850 e. The SMILES string of the molecule is N#CC(CCCNCCc1ccccc1)(c1ccccc1)C1CC1. The molecule has 124 valence electrons. The lowest BCUT2D eigenvalue weighted by molar-refractivity contribution is 0.420. The molecule has 0 amide bonds. The average Bonchev–Trinajstić information content (AvgIpc) is 3.49. The topological polar surface area (TPSA) is 35.8 Å². The Hall–Kier alpha value is -2.11. The molecule has 0 aliphatic heterocycles. The van der Waals surface area contributed by atoms with Crippen molar-refractivity contribution >= 4 is 0 Å². The number of nitrogens with one attached hydrogen (secondary N) is 1. The number of hydrogen-bond donors (Lipinski definition) is 1. The number of hydrogen-bond acceptors (Lipinski definition) is 2. The van der Waals surface area contributed by atoms with Crippen LogP contribution in [0.15, 0.2) is 60.7 Å². The maximum absolute atomic E-state index is 9.92. The van der Waals surface area contributed by atoms with Crippen LogP contribution < -0.4 is 5.32 Å². The zero-order chi connectivity index (χ0) is 16.7. The second-order valence-electron chi connectivity index (χ2n) is 6.81. The molecular weight excluding hydrogens is 292 g/mol. The third-order valence-electron chi connectivity index (χ3n) is 5.12. The molecular formula is C22H26N2. The van der Waals surface area contributed by atoms with Crippen LogP contribution >= 0.6 is 0 Å². The molecule has 0 aromatic heterocycles. The summed E-state index contributed by atoms with van der Waals surface area (Å²) in [5, 5.41) is 13.5. The Morgan fingerprint density at radius 2 is 1.62 bits per heavy atom. The number of nitrogens with zero attached hydrogens (tertiary/aromatic N) is 1. The van der Waals surface area contributed by atoms with Crippen molar-refractivity contribution in [2.75, 3.05) is 13.1 Å².